The molecular formula is C21H27N3O4. The van der Waals surface area contributed by atoms with E-state index in [0.717, 1.165) is 51.3 Å². The van der Waals surface area contributed by atoms with Gasteiger partial charge in [-0.15, -0.1) is 0 Å². The molecule has 0 atom stereocenters. The number of para-hydroxylation sites is 2. The maximum atomic E-state index is 10.9. The third-order valence-electron chi connectivity index (χ3n) is 5.05. The van der Waals surface area contributed by atoms with E-state index in [9.17, 15) is 10.1 Å². The van der Waals surface area contributed by atoms with Gasteiger partial charge in [-0.25, -0.2) is 0 Å². The maximum absolute atomic E-state index is 10.9. The number of rotatable bonds is 9. The van der Waals surface area contributed by atoms with Crippen molar-refractivity contribution in [3.05, 3.63) is 58.6 Å². The molecule has 1 saturated heterocycles. The van der Waals surface area contributed by atoms with E-state index in [1.54, 1.807) is 12.1 Å². The van der Waals surface area contributed by atoms with Crippen molar-refractivity contribution in [2.75, 3.05) is 38.6 Å². The van der Waals surface area contributed by atoms with Gasteiger partial charge in [0.05, 0.1) is 18.1 Å². The predicted octanol–water partition coefficient (Wildman–Crippen LogP) is 3.74. The lowest BCUT2D eigenvalue weighted by Gasteiger charge is -2.31. The van der Waals surface area contributed by atoms with Gasteiger partial charge in [0.1, 0.15) is 11.5 Å². The second kappa shape index (κ2) is 9.94. The Kier molecular flexibility index (Phi) is 7.08. The van der Waals surface area contributed by atoms with Crippen LogP contribution in [0, 0.1) is 16.0 Å². The zero-order valence-electron chi connectivity index (χ0n) is 16.0. The summed E-state index contributed by atoms with van der Waals surface area (Å²) in [6.45, 7) is 4.32. The number of hydrogen-bond acceptors (Lipinski definition) is 6. The molecule has 1 heterocycles. The average molecular weight is 385 g/mol. The van der Waals surface area contributed by atoms with Gasteiger partial charge in [0, 0.05) is 12.6 Å². The van der Waals surface area contributed by atoms with Gasteiger partial charge in [-0.05, 0) is 56.5 Å². The van der Waals surface area contributed by atoms with Crippen LogP contribution < -0.4 is 15.2 Å². The fraction of sp³-hybridized carbons (Fsp3) is 0.429. The van der Waals surface area contributed by atoms with Gasteiger partial charge in [0.15, 0.2) is 5.69 Å². The van der Waals surface area contributed by atoms with Crippen molar-refractivity contribution >= 4 is 11.4 Å². The zero-order chi connectivity index (χ0) is 19.8. The van der Waals surface area contributed by atoms with E-state index in [4.69, 9.17) is 15.2 Å². The summed E-state index contributed by atoms with van der Waals surface area (Å²) < 4.78 is 11.5. The van der Waals surface area contributed by atoms with Crippen molar-refractivity contribution in [1.29, 1.82) is 0 Å². The number of nitrogens with two attached hydrogens (primary N) is 1. The van der Waals surface area contributed by atoms with E-state index < -0.39 is 4.92 Å². The minimum atomic E-state index is -0.492. The molecule has 0 spiro atoms. The number of ether oxygens (including phenoxy) is 2. The number of likely N-dealkylation sites (tertiary alicyclic amines) is 1. The van der Waals surface area contributed by atoms with Gasteiger partial charge >= 0.3 is 0 Å². The van der Waals surface area contributed by atoms with Gasteiger partial charge in [-0.2, -0.15) is 0 Å². The monoisotopic (exact) mass is 385 g/mol. The Morgan fingerprint density at radius 2 is 1.82 bits per heavy atom. The highest BCUT2D eigenvalue weighted by Crippen LogP contribution is 2.30. The molecule has 0 aliphatic carbocycles. The van der Waals surface area contributed by atoms with Crippen molar-refractivity contribution in [3.8, 4) is 11.5 Å². The first kappa shape index (κ1) is 19.9. The number of piperidine rings is 1. The molecule has 2 N–H and O–H groups in total. The molecule has 0 bridgehead atoms. The van der Waals surface area contributed by atoms with Crippen LogP contribution in [0.5, 0.6) is 11.5 Å². The summed E-state index contributed by atoms with van der Waals surface area (Å²) in [6.07, 6.45) is 3.12. The topological polar surface area (TPSA) is 90.9 Å². The van der Waals surface area contributed by atoms with E-state index in [1.165, 1.54) is 6.07 Å². The van der Waals surface area contributed by atoms with Crippen molar-refractivity contribution < 1.29 is 14.4 Å². The molecule has 0 amide bonds. The van der Waals surface area contributed by atoms with Crippen LogP contribution in [0.3, 0.4) is 0 Å². The highest BCUT2D eigenvalue weighted by Gasteiger charge is 2.20. The van der Waals surface area contributed by atoms with E-state index in [-0.39, 0.29) is 11.4 Å². The van der Waals surface area contributed by atoms with Gasteiger partial charge < -0.3 is 20.1 Å². The predicted molar refractivity (Wildman–Crippen MR) is 109 cm³/mol. The molecule has 2 aromatic rings. The van der Waals surface area contributed by atoms with Crippen molar-refractivity contribution in [1.82, 2.24) is 4.90 Å². The Bertz CT molecular complexity index is 762. The van der Waals surface area contributed by atoms with Crippen LogP contribution in [-0.4, -0.2) is 42.7 Å². The molecule has 1 aliphatic heterocycles. The first-order valence-electron chi connectivity index (χ1n) is 9.69. The number of nitrogen functional groups attached to an aromatic ring is 1. The van der Waals surface area contributed by atoms with Crippen molar-refractivity contribution in [2.45, 2.75) is 19.3 Å². The molecule has 1 aliphatic rings. The lowest BCUT2D eigenvalue weighted by atomic mass is 9.98. The fourth-order valence-corrected chi connectivity index (χ4v) is 3.40. The zero-order valence-corrected chi connectivity index (χ0v) is 16.0. The van der Waals surface area contributed by atoms with Crippen molar-refractivity contribution in [3.63, 3.8) is 0 Å². The lowest BCUT2D eigenvalue weighted by Crippen LogP contribution is -2.36. The minimum Gasteiger partial charge on any atom is -0.493 e. The molecule has 3 rings (SSSR count). The summed E-state index contributed by atoms with van der Waals surface area (Å²) in [6, 6.07) is 14.6. The summed E-state index contributed by atoms with van der Waals surface area (Å²) in [4.78, 5) is 12.9. The second-order valence-electron chi connectivity index (χ2n) is 7.06. The SMILES string of the molecule is Nc1c(OCCCN2CCC(COc3ccccc3)CC2)cccc1[N+](=O)[O-]. The maximum Gasteiger partial charge on any atom is 0.295 e. The largest absolute Gasteiger partial charge is 0.493 e. The molecule has 7 nitrogen and oxygen atoms in total. The fourth-order valence-electron chi connectivity index (χ4n) is 3.40. The highest BCUT2D eigenvalue weighted by atomic mass is 16.6. The quantitative estimate of drug-likeness (QED) is 0.306. The molecular weight excluding hydrogens is 358 g/mol. The van der Waals surface area contributed by atoms with E-state index in [2.05, 4.69) is 4.90 Å². The summed E-state index contributed by atoms with van der Waals surface area (Å²) in [5, 5.41) is 10.9. The number of nitrogens with zero attached hydrogens (tertiary/aromatic N) is 2. The molecule has 2 aromatic carbocycles. The van der Waals surface area contributed by atoms with Gasteiger partial charge in [0.25, 0.3) is 5.69 Å². The van der Waals surface area contributed by atoms with Crippen LogP contribution in [0.2, 0.25) is 0 Å². The minimum absolute atomic E-state index is 0.0896. The molecule has 0 saturated carbocycles. The van der Waals surface area contributed by atoms with Crippen LogP contribution in [-0.2, 0) is 0 Å². The molecule has 28 heavy (non-hydrogen) atoms. The van der Waals surface area contributed by atoms with Crippen molar-refractivity contribution in [2.24, 2.45) is 5.92 Å². The molecule has 0 unspecified atom stereocenters. The number of benzene rings is 2. The van der Waals surface area contributed by atoms with E-state index in [1.807, 2.05) is 30.3 Å². The summed E-state index contributed by atoms with van der Waals surface area (Å²) in [5.41, 5.74) is 5.78. The third-order valence-corrected chi connectivity index (χ3v) is 5.05. The molecule has 7 heteroatoms. The standard InChI is InChI=1S/C21H27N3O4/c22-21-19(24(25)26)8-4-9-20(21)27-15-5-12-23-13-10-17(11-14-23)16-28-18-6-2-1-3-7-18/h1-4,6-9,17H,5,10-16,22H2. The number of nitro benzene ring substituents is 1. The third kappa shape index (κ3) is 5.60. The van der Waals surface area contributed by atoms with Gasteiger partial charge in [0.2, 0.25) is 0 Å². The Balaban J connectivity index is 1.33. The molecule has 0 radical (unpaired) electrons. The number of anilines is 1. The summed E-state index contributed by atoms with van der Waals surface area (Å²) in [5.74, 6) is 1.91. The number of nitro groups is 1. The first-order chi connectivity index (χ1) is 13.6. The Labute approximate surface area is 165 Å². The highest BCUT2D eigenvalue weighted by molar-refractivity contribution is 5.66. The Morgan fingerprint density at radius 1 is 1.07 bits per heavy atom. The van der Waals surface area contributed by atoms with E-state index >= 15 is 0 Å². The summed E-state index contributed by atoms with van der Waals surface area (Å²) in [7, 11) is 0. The Morgan fingerprint density at radius 3 is 2.54 bits per heavy atom. The van der Waals surface area contributed by atoms with Crippen LogP contribution in [0.1, 0.15) is 19.3 Å². The Hall–Kier alpha value is -2.80. The van der Waals surface area contributed by atoms with Crippen LogP contribution in [0.4, 0.5) is 11.4 Å². The van der Waals surface area contributed by atoms with Gasteiger partial charge in [-0.3, -0.25) is 10.1 Å². The van der Waals surface area contributed by atoms with Gasteiger partial charge in [-0.1, -0.05) is 24.3 Å². The number of hydrogen-bond donors (Lipinski definition) is 1. The average Bonchev–Trinajstić information content (AvgIpc) is 2.72. The van der Waals surface area contributed by atoms with Crippen LogP contribution in [0.15, 0.2) is 48.5 Å². The van der Waals surface area contributed by atoms with E-state index in [0.29, 0.717) is 18.3 Å². The molecule has 150 valence electrons. The first-order valence-corrected chi connectivity index (χ1v) is 9.69. The molecule has 1 fully saturated rings. The molecule has 0 aromatic heterocycles. The lowest BCUT2D eigenvalue weighted by molar-refractivity contribution is -0.384. The summed E-state index contributed by atoms with van der Waals surface area (Å²) >= 11 is 0. The van der Waals surface area contributed by atoms with Crippen LogP contribution >= 0.6 is 0 Å². The normalized spacial score (nSPS) is 15.3. The smallest absolute Gasteiger partial charge is 0.295 e. The second-order valence-corrected chi connectivity index (χ2v) is 7.06. The van der Waals surface area contributed by atoms with Crippen LogP contribution in [0.25, 0.3) is 0 Å².